The maximum Gasteiger partial charge on any atom is 0.417 e. The maximum atomic E-state index is 12.6. The summed E-state index contributed by atoms with van der Waals surface area (Å²) in [4.78, 5) is 22.6. The molecular weight excluding hydrogens is 311 g/mol. The summed E-state index contributed by atoms with van der Waals surface area (Å²) in [6, 6.07) is 3.04. The van der Waals surface area contributed by atoms with Crippen LogP contribution in [0.2, 0.25) is 5.02 Å². The van der Waals surface area contributed by atoms with Gasteiger partial charge in [-0.2, -0.15) is 13.2 Å². The molecule has 0 saturated heterocycles. The van der Waals surface area contributed by atoms with Gasteiger partial charge in [0, 0.05) is 12.1 Å². The average molecular weight is 324 g/mol. The van der Waals surface area contributed by atoms with Crippen LogP contribution in [0.3, 0.4) is 0 Å². The molecule has 1 amide bonds. The Morgan fingerprint density at radius 2 is 1.95 bits per heavy atom. The molecule has 1 N–H and O–H groups in total. The number of hydrogen-bond donors (Lipinski definition) is 1. The van der Waals surface area contributed by atoms with Crippen molar-refractivity contribution in [3.8, 4) is 0 Å². The van der Waals surface area contributed by atoms with Gasteiger partial charge in [0.05, 0.1) is 23.6 Å². The molecule has 0 spiro atoms. The van der Waals surface area contributed by atoms with Crippen molar-refractivity contribution in [3.63, 3.8) is 0 Å². The van der Waals surface area contributed by atoms with E-state index in [1.54, 1.807) is 6.92 Å². The number of anilines is 1. The number of esters is 1. The number of carbonyl (C=O) groups excluding carboxylic acids is 2. The van der Waals surface area contributed by atoms with E-state index in [9.17, 15) is 22.8 Å². The van der Waals surface area contributed by atoms with Crippen molar-refractivity contribution in [3.05, 3.63) is 28.8 Å². The number of nitrogens with one attached hydrogen (secondary N) is 1. The van der Waals surface area contributed by atoms with Crippen LogP contribution in [0.15, 0.2) is 18.2 Å². The van der Waals surface area contributed by atoms with Crippen molar-refractivity contribution in [2.24, 2.45) is 0 Å². The number of ether oxygens (including phenoxy) is 1. The van der Waals surface area contributed by atoms with Gasteiger partial charge in [-0.3, -0.25) is 9.59 Å². The number of benzene rings is 1. The Morgan fingerprint density at radius 3 is 2.52 bits per heavy atom. The minimum atomic E-state index is -4.61. The first kappa shape index (κ1) is 17.3. The fourth-order valence-electron chi connectivity index (χ4n) is 1.49. The van der Waals surface area contributed by atoms with E-state index >= 15 is 0 Å². The van der Waals surface area contributed by atoms with Crippen molar-refractivity contribution >= 4 is 29.2 Å². The summed E-state index contributed by atoms with van der Waals surface area (Å²) < 4.78 is 42.6. The van der Waals surface area contributed by atoms with Gasteiger partial charge in [0.2, 0.25) is 5.91 Å². The third kappa shape index (κ3) is 5.63. The molecule has 0 bridgehead atoms. The predicted octanol–water partition coefficient (Wildman–Crippen LogP) is 3.64. The Balaban J connectivity index is 2.67. The Hall–Kier alpha value is -1.76. The van der Waals surface area contributed by atoms with Gasteiger partial charge >= 0.3 is 12.1 Å². The highest BCUT2D eigenvalue weighted by Crippen LogP contribution is 2.36. The molecule has 0 aliphatic carbocycles. The molecule has 0 radical (unpaired) electrons. The zero-order valence-electron chi connectivity index (χ0n) is 11.1. The molecule has 0 aliphatic heterocycles. The summed E-state index contributed by atoms with van der Waals surface area (Å²) in [6.07, 6.45) is -4.93. The highest BCUT2D eigenvalue weighted by atomic mass is 35.5. The van der Waals surface area contributed by atoms with Gasteiger partial charge in [0.15, 0.2) is 0 Å². The molecular formula is C13H13ClF3NO3. The SMILES string of the molecule is CCOC(=O)CCC(=O)Nc1ccc(Cl)c(C(F)(F)F)c1. The first-order valence-electron chi connectivity index (χ1n) is 6.06. The van der Waals surface area contributed by atoms with Crippen LogP contribution < -0.4 is 5.32 Å². The summed E-state index contributed by atoms with van der Waals surface area (Å²) in [6.45, 7) is 1.83. The number of halogens is 4. The predicted molar refractivity (Wildman–Crippen MR) is 71.0 cm³/mol. The van der Waals surface area contributed by atoms with Crippen LogP contribution >= 0.6 is 11.6 Å². The van der Waals surface area contributed by atoms with Crippen LogP contribution in [0.1, 0.15) is 25.3 Å². The van der Waals surface area contributed by atoms with Crippen molar-refractivity contribution in [2.45, 2.75) is 25.9 Å². The Morgan fingerprint density at radius 1 is 1.29 bits per heavy atom. The van der Waals surface area contributed by atoms with Crippen LogP contribution in [0.25, 0.3) is 0 Å². The molecule has 0 fully saturated rings. The lowest BCUT2D eigenvalue weighted by Crippen LogP contribution is -2.15. The lowest BCUT2D eigenvalue weighted by Gasteiger charge is -2.11. The second kappa shape index (κ2) is 7.31. The van der Waals surface area contributed by atoms with Gasteiger partial charge in [0.1, 0.15) is 0 Å². The summed E-state index contributed by atoms with van der Waals surface area (Å²) in [5, 5.41) is 1.82. The number of hydrogen-bond acceptors (Lipinski definition) is 3. The zero-order chi connectivity index (χ0) is 16.0. The van der Waals surface area contributed by atoms with E-state index in [4.69, 9.17) is 11.6 Å². The monoisotopic (exact) mass is 323 g/mol. The fraction of sp³-hybridized carbons (Fsp3) is 0.385. The molecule has 1 aromatic carbocycles. The van der Waals surface area contributed by atoms with Crippen molar-refractivity contribution in [1.82, 2.24) is 0 Å². The second-order valence-corrected chi connectivity index (χ2v) is 4.45. The molecule has 116 valence electrons. The molecule has 8 heteroatoms. The van der Waals surface area contributed by atoms with E-state index in [1.807, 2.05) is 0 Å². The Labute approximate surface area is 124 Å². The minimum Gasteiger partial charge on any atom is -0.466 e. The third-order valence-corrected chi connectivity index (χ3v) is 2.75. The highest BCUT2D eigenvalue weighted by molar-refractivity contribution is 6.31. The van der Waals surface area contributed by atoms with E-state index in [2.05, 4.69) is 10.1 Å². The highest BCUT2D eigenvalue weighted by Gasteiger charge is 2.33. The molecule has 0 aromatic heterocycles. The molecule has 0 heterocycles. The number of amides is 1. The first-order valence-corrected chi connectivity index (χ1v) is 6.44. The summed E-state index contributed by atoms with van der Waals surface area (Å²) in [5.41, 5.74) is -1.08. The van der Waals surface area contributed by atoms with E-state index in [-0.39, 0.29) is 25.1 Å². The van der Waals surface area contributed by atoms with Gasteiger partial charge in [-0.1, -0.05) is 11.6 Å². The lowest BCUT2D eigenvalue weighted by molar-refractivity contribution is -0.144. The van der Waals surface area contributed by atoms with Crippen LogP contribution in [-0.2, 0) is 20.5 Å². The summed E-state index contributed by atoms with van der Waals surface area (Å²) >= 11 is 5.46. The molecule has 1 rings (SSSR count). The Kier molecular flexibility index (Phi) is 6.02. The minimum absolute atomic E-state index is 0.0411. The standard InChI is InChI=1S/C13H13ClF3NO3/c1-2-21-12(20)6-5-11(19)18-8-3-4-10(14)9(7-8)13(15,16)17/h3-4,7H,2,5-6H2,1H3,(H,18,19). The topological polar surface area (TPSA) is 55.4 Å². The first-order chi connectivity index (χ1) is 9.74. The van der Waals surface area contributed by atoms with Crippen molar-refractivity contribution in [1.29, 1.82) is 0 Å². The molecule has 4 nitrogen and oxygen atoms in total. The van der Waals surface area contributed by atoms with Crippen LogP contribution in [0.4, 0.5) is 18.9 Å². The van der Waals surface area contributed by atoms with Gasteiger partial charge in [-0.25, -0.2) is 0 Å². The van der Waals surface area contributed by atoms with Crippen LogP contribution in [0.5, 0.6) is 0 Å². The quantitative estimate of drug-likeness (QED) is 0.842. The fourth-order valence-corrected chi connectivity index (χ4v) is 1.72. The molecule has 1 aromatic rings. The molecule has 0 unspecified atom stereocenters. The summed E-state index contributed by atoms with van der Waals surface area (Å²) in [5.74, 6) is -1.13. The number of carbonyl (C=O) groups is 2. The number of rotatable bonds is 5. The molecule has 0 saturated carbocycles. The van der Waals surface area contributed by atoms with E-state index < -0.39 is 28.6 Å². The average Bonchev–Trinajstić information content (AvgIpc) is 2.38. The third-order valence-electron chi connectivity index (χ3n) is 2.42. The normalized spacial score (nSPS) is 11.1. The van der Waals surface area contributed by atoms with Gasteiger partial charge in [-0.05, 0) is 25.1 Å². The summed E-state index contributed by atoms with van der Waals surface area (Å²) in [7, 11) is 0. The zero-order valence-corrected chi connectivity index (χ0v) is 11.8. The van der Waals surface area contributed by atoms with Crippen LogP contribution in [-0.4, -0.2) is 18.5 Å². The van der Waals surface area contributed by atoms with Crippen molar-refractivity contribution in [2.75, 3.05) is 11.9 Å². The molecule has 0 aliphatic rings. The second-order valence-electron chi connectivity index (χ2n) is 4.05. The number of alkyl halides is 3. The maximum absolute atomic E-state index is 12.6. The molecule has 21 heavy (non-hydrogen) atoms. The largest absolute Gasteiger partial charge is 0.466 e. The van der Waals surface area contributed by atoms with Crippen LogP contribution in [0, 0.1) is 0 Å². The van der Waals surface area contributed by atoms with Gasteiger partial charge in [-0.15, -0.1) is 0 Å². The van der Waals surface area contributed by atoms with E-state index in [0.29, 0.717) is 0 Å². The van der Waals surface area contributed by atoms with Gasteiger partial charge < -0.3 is 10.1 Å². The van der Waals surface area contributed by atoms with Gasteiger partial charge in [0.25, 0.3) is 0 Å². The Bertz CT molecular complexity index is 532. The van der Waals surface area contributed by atoms with E-state index in [1.165, 1.54) is 6.07 Å². The lowest BCUT2D eigenvalue weighted by atomic mass is 10.2. The smallest absolute Gasteiger partial charge is 0.417 e. The van der Waals surface area contributed by atoms with Crippen molar-refractivity contribution < 1.29 is 27.5 Å². The van der Waals surface area contributed by atoms with E-state index in [0.717, 1.165) is 12.1 Å². The molecule has 0 atom stereocenters.